The highest BCUT2D eigenvalue weighted by Gasteiger charge is 2.21. The van der Waals surface area contributed by atoms with E-state index in [2.05, 4.69) is 39.9 Å². The van der Waals surface area contributed by atoms with E-state index in [0.717, 1.165) is 26.2 Å². The molecule has 0 aromatic heterocycles. The summed E-state index contributed by atoms with van der Waals surface area (Å²) in [7, 11) is 0. The Morgan fingerprint density at radius 2 is 1.88 bits per heavy atom. The minimum absolute atomic E-state index is 0.385. The van der Waals surface area contributed by atoms with Gasteiger partial charge >= 0.3 is 0 Å². The molecule has 0 saturated heterocycles. The molecule has 0 aliphatic carbocycles. The molecule has 0 amide bonds. The number of unbranched alkanes of at least 4 members (excludes halogenated alkanes) is 1. The fraction of sp³-hybridized carbons (Fsp3) is 1.00. The van der Waals surface area contributed by atoms with E-state index >= 15 is 0 Å². The first-order chi connectivity index (χ1) is 7.54. The van der Waals surface area contributed by atoms with Crippen LogP contribution in [0.1, 0.15) is 60.3 Å². The van der Waals surface area contributed by atoms with Crippen molar-refractivity contribution in [3.8, 4) is 0 Å². The van der Waals surface area contributed by atoms with Crippen molar-refractivity contribution in [1.82, 2.24) is 5.32 Å². The zero-order valence-corrected chi connectivity index (χ0v) is 11.9. The first-order valence-corrected chi connectivity index (χ1v) is 6.85. The summed E-state index contributed by atoms with van der Waals surface area (Å²) in [6, 6.07) is 0.576. The first kappa shape index (κ1) is 15.9. The van der Waals surface area contributed by atoms with Gasteiger partial charge in [-0.15, -0.1) is 0 Å². The van der Waals surface area contributed by atoms with Crippen molar-refractivity contribution in [2.45, 2.75) is 66.3 Å². The molecule has 0 aromatic rings. The standard InChI is InChI=1S/C14H31NO/c1-6-8-10-16-11-9-14(5,7-2)12-15-13(3)4/h13,15H,6-12H2,1-5H3. The summed E-state index contributed by atoms with van der Waals surface area (Å²) in [5.41, 5.74) is 0.385. The Balaban J connectivity index is 3.69. The van der Waals surface area contributed by atoms with E-state index in [4.69, 9.17) is 4.74 Å². The average molecular weight is 229 g/mol. The Bertz CT molecular complexity index is 159. The quantitative estimate of drug-likeness (QED) is 0.578. The van der Waals surface area contributed by atoms with Crippen LogP contribution in [0.4, 0.5) is 0 Å². The van der Waals surface area contributed by atoms with Crippen LogP contribution < -0.4 is 5.32 Å². The number of rotatable bonds is 10. The van der Waals surface area contributed by atoms with E-state index in [1.807, 2.05) is 0 Å². The highest BCUT2D eigenvalue weighted by molar-refractivity contribution is 4.76. The van der Waals surface area contributed by atoms with Crippen LogP contribution in [0.2, 0.25) is 0 Å². The van der Waals surface area contributed by atoms with Crippen molar-refractivity contribution in [1.29, 1.82) is 0 Å². The van der Waals surface area contributed by atoms with Crippen molar-refractivity contribution >= 4 is 0 Å². The van der Waals surface area contributed by atoms with Crippen LogP contribution in [0.25, 0.3) is 0 Å². The van der Waals surface area contributed by atoms with Crippen LogP contribution in [0.15, 0.2) is 0 Å². The minimum atomic E-state index is 0.385. The second-order valence-electron chi connectivity index (χ2n) is 5.42. The maximum absolute atomic E-state index is 5.65. The molecule has 2 nitrogen and oxygen atoms in total. The summed E-state index contributed by atoms with van der Waals surface area (Å²) < 4.78 is 5.65. The smallest absolute Gasteiger partial charge is 0.0471 e. The second kappa shape index (κ2) is 9.00. The van der Waals surface area contributed by atoms with Gasteiger partial charge in [0.15, 0.2) is 0 Å². The van der Waals surface area contributed by atoms with E-state index < -0.39 is 0 Å². The molecule has 0 heterocycles. The molecule has 0 saturated carbocycles. The van der Waals surface area contributed by atoms with Gasteiger partial charge in [-0.3, -0.25) is 0 Å². The van der Waals surface area contributed by atoms with Gasteiger partial charge in [0, 0.05) is 25.8 Å². The van der Waals surface area contributed by atoms with Crippen LogP contribution >= 0.6 is 0 Å². The van der Waals surface area contributed by atoms with Crippen molar-refractivity contribution in [3.05, 3.63) is 0 Å². The summed E-state index contributed by atoms with van der Waals surface area (Å²) in [6.07, 6.45) is 4.78. The summed E-state index contributed by atoms with van der Waals surface area (Å²) >= 11 is 0. The predicted octanol–water partition coefficient (Wildman–Crippen LogP) is 3.61. The van der Waals surface area contributed by atoms with Gasteiger partial charge in [-0.1, -0.05) is 41.0 Å². The van der Waals surface area contributed by atoms with Gasteiger partial charge in [0.1, 0.15) is 0 Å². The van der Waals surface area contributed by atoms with Gasteiger partial charge in [0.05, 0.1) is 0 Å². The molecule has 1 N–H and O–H groups in total. The molecule has 0 bridgehead atoms. The molecule has 1 atom stereocenters. The van der Waals surface area contributed by atoms with Crippen molar-refractivity contribution < 1.29 is 4.74 Å². The number of ether oxygens (including phenoxy) is 1. The van der Waals surface area contributed by atoms with Crippen LogP contribution in [0.5, 0.6) is 0 Å². The third-order valence-corrected chi connectivity index (χ3v) is 3.28. The molecule has 16 heavy (non-hydrogen) atoms. The lowest BCUT2D eigenvalue weighted by Crippen LogP contribution is -2.36. The highest BCUT2D eigenvalue weighted by Crippen LogP contribution is 2.24. The molecular weight excluding hydrogens is 198 g/mol. The lowest BCUT2D eigenvalue weighted by Gasteiger charge is -2.29. The SMILES string of the molecule is CCCCOCCC(C)(CC)CNC(C)C. The Morgan fingerprint density at radius 1 is 1.19 bits per heavy atom. The van der Waals surface area contributed by atoms with Gasteiger partial charge in [-0.25, -0.2) is 0 Å². The fourth-order valence-electron chi connectivity index (χ4n) is 1.51. The van der Waals surface area contributed by atoms with Gasteiger partial charge in [0.2, 0.25) is 0 Å². The molecular formula is C14H31NO. The van der Waals surface area contributed by atoms with E-state index in [-0.39, 0.29) is 0 Å². The zero-order chi connectivity index (χ0) is 12.4. The summed E-state index contributed by atoms with van der Waals surface area (Å²) in [5, 5.41) is 3.53. The molecule has 1 unspecified atom stereocenters. The predicted molar refractivity (Wildman–Crippen MR) is 71.9 cm³/mol. The molecule has 0 aliphatic heterocycles. The maximum Gasteiger partial charge on any atom is 0.0471 e. The minimum Gasteiger partial charge on any atom is -0.381 e. The van der Waals surface area contributed by atoms with Gasteiger partial charge in [-0.2, -0.15) is 0 Å². The van der Waals surface area contributed by atoms with E-state index in [9.17, 15) is 0 Å². The van der Waals surface area contributed by atoms with Crippen LogP contribution in [-0.2, 0) is 4.74 Å². The molecule has 0 rings (SSSR count). The molecule has 98 valence electrons. The Morgan fingerprint density at radius 3 is 2.38 bits per heavy atom. The van der Waals surface area contributed by atoms with Gasteiger partial charge < -0.3 is 10.1 Å². The lowest BCUT2D eigenvalue weighted by molar-refractivity contribution is 0.0937. The number of hydrogen-bond acceptors (Lipinski definition) is 2. The van der Waals surface area contributed by atoms with Crippen LogP contribution in [-0.4, -0.2) is 25.8 Å². The average Bonchev–Trinajstić information content (AvgIpc) is 2.26. The van der Waals surface area contributed by atoms with Crippen molar-refractivity contribution in [3.63, 3.8) is 0 Å². The highest BCUT2D eigenvalue weighted by atomic mass is 16.5. The van der Waals surface area contributed by atoms with Crippen LogP contribution in [0.3, 0.4) is 0 Å². The Hall–Kier alpha value is -0.0800. The molecule has 2 heteroatoms. The Kier molecular flexibility index (Phi) is 8.96. The van der Waals surface area contributed by atoms with Crippen LogP contribution in [0, 0.1) is 5.41 Å². The summed E-state index contributed by atoms with van der Waals surface area (Å²) in [5.74, 6) is 0. The molecule has 0 aliphatic rings. The number of hydrogen-bond donors (Lipinski definition) is 1. The van der Waals surface area contributed by atoms with E-state index in [1.54, 1.807) is 0 Å². The topological polar surface area (TPSA) is 21.3 Å². The second-order valence-corrected chi connectivity index (χ2v) is 5.42. The number of nitrogens with one attached hydrogen (secondary N) is 1. The van der Waals surface area contributed by atoms with Gasteiger partial charge in [0.25, 0.3) is 0 Å². The molecule has 0 radical (unpaired) electrons. The van der Waals surface area contributed by atoms with Crippen molar-refractivity contribution in [2.24, 2.45) is 5.41 Å². The van der Waals surface area contributed by atoms with E-state index in [1.165, 1.54) is 19.3 Å². The molecule has 0 fully saturated rings. The van der Waals surface area contributed by atoms with E-state index in [0.29, 0.717) is 11.5 Å². The Labute approximate surface area is 102 Å². The summed E-state index contributed by atoms with van der Waals surface area (Å²) in [6.45, 7) is 14.2. The lowest BCUT2D eigenvalue weighted by atomic mass is 9.84. The molecule has 0 aromatic carbocycles. The van der Waals surface area contributed by atoms with Gasteiger partial charge in [-0.05, 0) is 24.7 Å². The maximum atomic E-state index is 5.65. The zero-order valence-electron chi connectivity index (χ0n) is 11.9. The summed E-state index contributed by atoms with van der Waals surface area (Å²) in [4.78, 5) is 0. The first-order valence-electron chi connectivity index (χ1n) is 6.85. The molecule has 0 spiro atoms. The largest absolute Gasteiger partial charge is 0.381 e. The van der Waals surface area contributed by atoms with Crippen molar-refractivity contribution in [2.75, 3.05) is 19.8 Å². The third-order valence-electron chi connectivity index (χ3n) is 3.28. The fourth-order valence-corrected chi connectivity index (χ4v) is 1.51. The third kappa shape index (κ3) is 8.12. The monoisotopic (exact) mass is 229 g/mol. The normalized spacial score (nSPS) is 15.4.